The van der Waals surface area contributed by atoms with Crippen LogP contribution in [0.3, 0.4) is 0 Å². The molecular weight excluding hydrogens is 314 g/mol. The van der Waals surface area contributed by atoms with Crippen molar-refractivity contribution in [3.8, 4) is 0 Å². The van der Waals surface area contributed by atoms with E-state index in [1.54, 1.807) is 6.07 Å². The van der Waals surface area contributed by atoms with Gasteiger partial charge in [-0.1, -0.05) is 12.1 Å². The maximum Gasteiger partial charge on any atom is 0.336 e. The number of rotatable bonds is 4. The third-order valence-electron chi connectivity index (χ3n) is 5.03. The molecule has 5 nitrogen and oxygen atoms in total. The molecule has 0 amide bonds. The molecule has 3 aromatic rings. The van der Waals surface area contributed by atoms with Gasteiger partial charge in [-0.15, -0.1) is 0 Å². The van der Waals surface area contributed by atoms with Gasteiger partial charge >= 0.3 is 5.63 Å². The highest BCUT2D eigenvalue weighted by molar-refractivity contribution is 5.80. The molecule has 0 saturated carbocycles. The molecule has 0 radical (unpaired) electrons. The Morgan fingerprint density at radius 2 is 2.20 bits per heavy atom. The van der Waals surface area contributed by atoms with E-state index in [9.17, 15) is 4.79 Å². The van der Waals surface area contributed by atoms with E-state index in [1.165, 1.54) is 12.0 Å². The summed E-state index contributed by atoms with van der Waals surface area (Å²) in [6.45, 7) is 4.94. The zero-order chi connectivity index (χ0) is 17.4. The van der Waals surface area contributed by atoms with E-state index >= 15 is 0 Å². The van der Waals surface area contributed by atoms with E-state index in [4.69, 9.17) is 4.42 Å². The quantitative estimate of drug-likeness (QED) is 0.687. The van der Waals surface area contributed by atoms with E-state index in [0.29, 0.717) is 11.5 Å². The highest BCUT2D eigenvalue weighted by atomic mass is 16.4. The Morgan fingerprint density at radius 3 is 3.00 bits per heavy atom. The molecule has 5 heteroatoms. The summed E-state index contributed by atoms with van der Waals surface area (Å²) in [5.41, 5.74) is 3.89. The van der Waals surface area contributed by atoms with Crippen molar-refractivity contribution in [3.63, 3.8) is 0 Å². The molecule has 1 saturated heterocycles. The Kier molecular flexibility index (Phi) is 4.17. The lowest BCUT2D eigenvalue weighted by Crippen LogP contribution is -2.21. The standard InChI is InChI=1S/C20H23N3O2/c1-14-3-4-18-17(9-20(24)25-19(18)7-14)13-23-6-5-15(12-23)8-16-10-21-22(2)11-16/h3-4,7,9-11,15H,5-6,8,12-13H2,1-2H3/t15-/m1/s1. The highest BCUT2D eigenvalue weighted by Crippen LogP contribution is 2.25. The molecule has 0 aliphatic carbocycles. The minimum atomic E-state index is -0.265. The lowest BCUT2D eigenvalue weighted by Gasteiger charge is -2.17. The van der Waals surface area contributed by atoms with Crippen LogP contribution in [0.25, 0.3) is 11.0 Å². The van der Waals surface area contributed by atoms with Gasteiger partial charge in [0, 0.05) is 37.8 Å². The molecule has 0 unspecified atom stereocenters. The topological polar surface area (TPSA) is 51.3 Å². The monoisotopic (exact) mass is 337 g/mol. The third-order valence-corrected chi connectivity index (χ3v) is 5.03. The first-order chi connectivity index (χ1) is 12.1. The number of benzene rings is 1. The van der Waals surface area contributed by atoms with Crippen LogP contribution in [0.5, 0.6) is 0 Å². The number of fused-ring (bicyclic) bond motifs is 1. The average molecular weight is 337 g/mol. The van der Waals surface area contributed by atoms with Gasteiger partial charge in [0.2, 0.25) is 0 Å². The number of hydrogen-bond acceptors (Lipinski definition) is 4. The first-order valence-corrected chi connectivity index (χ1v) is 8.80. The fourth-order valence-corrected chi connectivity index (χ4v) is 3.84. The fourth-order valence-electron chi connectivity index (χ4n) is 3.84. The Bertz CT molecular complexity index is 957. The maximum atomic E-state index is 11.9. The van der Waals surface area contributed by atoms with Crippen LogP contribution in [0.1, 0.15) is 23.1 Å². The summed E-state index contributed by atoms with van der Waals surface area (Å²) in [5.74, 6) is 0.651. The van der Waals surface area contributed by atoms with E-state index in [-0.39, 0.29) is 5.63 Å². The Morgan fingerprint density at radius 1 is 1.32 bits per heavy atom. The minimum absolute atomic E-state index is 0.265. The molecule has 1 atom stereocenters. The summed E-state index contributed by atoms with van der Waals surface area (Å²) in [4.78, 5) is 14.3. The van der Waals surface area contributed by atoms with Crippen LogP contribution < -0.4 is 5.63 Å². The average Bonchev–Trinajstić information content (AvgIpc) is 3.16. The van der Waals surface area contributed by atoms with Gasteiger partial charge in [0.25, 0.3) is 0 Å². The lowest BCUT2D eigenvalue weighted by atomic mass is 10.0. The molecule has 4 rings (SSSR count). The lowest BCUT2D eigenvalue weighted by molar-refractivity contribution is 0.316. The van der Waals surface area contributed by atoms with Crippen LogP contribution in [0.2, 0.25) is 0 Å². The molecule has 0 spiro atoms. The van der Waals surface area contributed by atoms with Crippen molar-refractivity contribution in [1.29, 1.82) is 0 Å². The highest BCUT2D eigenvalue weighted by Gasteiger charge is 2.23. The third kappa shape index (κ3) is 3.51. The molecule has 1 fully saturated rings. The molecular formula is C20H23N3O2. The van der Waals surface area contributed by atoms with Crippen molar-refractivity contribution < 1.29 is 4.42 Å². The summed E-state index contributed by atoms with van der Waals surface area (Å²) in [6.07, 6.45) is 6.32. The van der Waals surface area contributed by atoms with Crippen LogP contribution in [-0.2, 0) is 20.0 Å². The summed E-state index contributed by atoms with van der Waals surface area (Å²) >= 11 is 0. The number of likely N-dealkylation sites (tertiary alicyclic amines) is 1. The number of hydrogen-bond donors (Lipinski definition) is 0. The molecule has 1 aliphatic heterocycles. The van der Waals surface area contributed by atoms with Crippen molar-refractivity contribution in [2.45, 2.75) is 26.3 Å². The van der Waals surface area contributed by atoms with E-state index in [2.05, 4.69) is 28.3 Å². The summed E-state index contributed by atoms with van der Waals surface area (Å²) < 4.78 is 7.23. The smallest absolute Gasteiger partial charge is 0.336 e. The van der Waals surface area contributed by atoms with Crippen molar-refractivity contribution in [2.75, 3.05) is 13.1 Å². The van der Waals surface area contributed by atoms with Gasteiger partial charge in [0.15, 0.2) is 0 Å². The second-order valence-corrected chi connectivity index (χ2v) is 7.21. The minimum Gasteiger partial charge on any atom is -0.423 e. The Labute approximate surface area is 146 Å². The fraction of sp³-hybridized carbons (Fsp3) is 0.400. The molecule has 0 N–H and O–H groups in total. The Hall–Kier alpha value is -2.40. The van der Waals surface area contributed by atoms with Gasteiger partial charge in [-0.25, -0.2) is 4.79 Å². The van der Waals surface area contributed by atoms with Gasteiger partial charge in [-0.05, 0) is 55.0 Å². The molecule has 0 bridgehead atoms. The predicted molar refractivity (Wildman–Crippen MR) is 97.5 cm³/mol. The molecule has 130 valence electrons. The van der Waals surface area contributed by atoms with E-state index in [0.717, 1.165) is 42.6 Å². The SMILES string of the molecule is Cc1ccc2c(CN3CC[C@H](Cc4cnn(C)c4)C3)cc(=O)oc2c1. The van der Waals surface area contributed by atoms with Crippen LogP contribution in [-0.4, -0.2) is 27.8 Å². The maximum absolute atomic E-state index is 11.9. The number of nitrogens with zero attached hydrogens (tertiary/aromatic N) is 3. The van der Waals surface area contributed by atoms with Crippen LogP contribution >= 0.6 is 0 Å². The van der Waals surface area contributed by atoms with Crippen LogP contribution in [0, 0.1) is 12.8 Å². The summed E-state index contributed by atoms with van der Waals surface area (Å²) in [6, 6.07) is 7.72. The van der Waals surface area contributed by atoms with Crippen molar-refractivity contribution >= 4 is 11.0 Å². The van der Waals surface area contributed by atoms with Crippen molar-refractivity contribution in [1.82, 2.24) is 14.7 Å². The van der Waals surface area contributed by atoms with Gasteiger partial charge in [-0.2, -0.15) is 5.10 Å². The van der Waals surface area contributed by atoms with E-state index < -0.39 is 0 Å². The molecule has 2 aromatic heterocycles. The predicted octanol–water partition coefficient (Wildman–Crippen LogP) is 2.90. The molecule has 1 aliphatic rings. The van der Waals surface area contributed by atoms with Gasteiger partial charge in [0.1, 0.15) is 5.58 Å². The van der Waals surface area contributed by atoms with Crippen molar-refractivity contribution in [2.24, 2.45) is 13.0 Å². The number of aromatic nitrogens is 2. The van der Waals surface area contributed by atoms with Gasteiger partial charge in [0.05, 0.1) is 6.20 Å². The Balaban J connectivity index is 1.49. The molecule has 1 aromatic carbocycles. The second-order valence-electron chi connectivity index (χ2n) is 7.21. The normalized spacial score (nSPS) is 18.2. The molecule has 25 heavy (non-hydrogen) atoms. The first-order valence-electron chi connectivity index (χ1n) is 8.80. The van der Waals surface area contributed by atoms with Gasteiger partial charge in [-0.3, -0.25) is 9.58 Å². The zero-order valence-electron chi connectivity index (χ0n) is 14.7. The number of aryl methyl sites for hydroxylation is 2. The molecule has 3 heterocycles. The van der Waals surface area contributed by atoms with Crippen LogP contribution in [0.4, 0.5) is 0 Å². The zero-order valence-corrected chi connectivity index (χ0v) is 14.7. The summed E-state index contributed by atoms with van der Waals surface area (Å²) in [7, 11) is 1.96. The van der Waals surface area contributed by atoms with Gasteiger partial charge < -0.3 is 4.42 Å². The second kappa shape index (κ2) is 6.48. The van der Waals surface area contributed by atoms with Crippen molar-refractivity contribution in [3.05, 3.63) is 63.8 Å². The largest absolute Gasteiger partial charge is 0.423 e. The first kappa shape index (κ1) is 16.1. The van der Waals surface area contributed by atoms with E-state index in [1.807, 2.05) is 30.9 Å². The summed E-state index contributed by atoms with van der Waals surface area (Å²) in [5, 5.41) is 5.30. The van der Waals surface area contributed by atoms with Crippen LogP contribution in [0.15, 0.2) is 45.9 Å².